The van der Waals surface area contributed by atoms with Gasteiger partial charge in [-0.15, -0.1) is 0 Å². The molecule has 2 atom stereocenters. The molecule has 1 aliphatic heterocycles. The summed E-state index contributed by atoms with van der Waals surface area (Å²) in [5, 5.41) is 9.25. The Bertz CT molecular complexity index is 139. The van der Waals surface area contributed by atoms with E-state index in [0.29, 0.717) is 6.10 Å². The van der Waals surface area contributed by atoms with Crippen LogP contribution < -0.4 is 0 Å². The van der Waals surface area contributed by atoms with Crippen LogP contribution in [0.2, 0.25) is 0 Å². The first-order valence-electron chi connectivity index (χ1n) is 5.15. The van der Waals surface area contributed by atoms with Crippen molar-refractivity contribution in [1.29, 1.82) is 0 Å². The molecular weight excluding hydrogens is 166 g/mol. The Balaban J connectivity index is 2.27. The van der Waals surface area contributed by atoms with E-state index in [9.17, 15) is 5.11 Å². The third-order valence-corrected chi connectivity index (χ3v) is 2.62. The third kappa shape index (κ3) is 4.07. The molecule has 1 aliphatic rings. The molecule has 1 saturated heterocycles. The average molecular weight is 187 g/mol. The van der Waals surface area contributed by atoms with E-state index >= 15 is 0 Å². The van der Waals surface area contributed by atoms with E-state index in [-0.39, 0.29) is 6.10 Å². The van der Waals surface area contributed by atoms with Gasteiger partial charge in [-0.2, -0.15) is 0 Å². The molecule has 1 unspecified atom stereocenters. The highest BCUT2D eigenvalue weighted by Gasteiger charge is 2.16. The number of aliphatic hydroxyl groups is 1. The minimum Gasteiger partial charge on any atom is -0.392 e. The molecule has 0 aromatic carbocycles. The second-order valence-electron chi connectivity index (χ2n) is 3.94. The zero-order chi connectivity index (χ0) is 9.68. The minimum atomic E-state index is -0.209. The highest BCUT2D eigenvalue weighted by Crippen LogP contribution is 2.13. The summed E-state index contributed by atoms with van der Waals surface area (Å²) in [6, 6.07) is 0. The predicted molar refractivity (Wildman–Crippen MR) is 52.8 cm³/mol. The van der Waals surface area contributed by atoms with Crippen molar-refractivity contribution in [2.24, 2.45) is 0 Å². The highest BCUT2D eigenvalue weighted by atomic mass is 16.5. The van der Waals surface area contributed by atoms with Gasteiger partial charge in [0, 0.05) is 20.2 Å². The molecule has 0 aromatic rings. The molecule has 0 radical (unpaired) electrons. The number of ether oxygens (including phenoxy) is 1. The second-order valence-corrected chi connectivity index (χ2v) is 3.94. The minimum absolute atomic E-state index is 0.209. The van der Waals surface area contributed by atoms with Crippen molar-refractivity contribution >= 4 is 0 Å². The van der Waals surface area contributed by atoms with Crippen molar-refractivity contribution in [3.05, 3.63) is 0 Å². The Morgan fingerprint density at radius 1 is 1.46 bits per heavy atom. The topological polar surface area (TPSA) is 32.7 Å². The largest absolute Gasteiger partial charge is 0.392 e. The summed E-state index contributed by atoms with van der Waals surface area (Å²) in [6.45, 7) is 4.81. The van der Waals surface area contributed by atoms with Crippen molar-refractivity contribution in [3.8, 4) is 0 Å². The molecule has 1 heterocycles. The maximum Gasteiger partial charge on any atom is 0.0639 e. The van der Waals surface area contributed by atoms with E-state index in [2.05, 4.69) is 4.90 Å². The summed E-state index contributed by atoms with van der Waals surface area (Å²) in [5.74, 6) is 0. The third-order valence-electron chi connectivity index (χ3n) is 2.62. The van der Waals surface area contributed by atoms with Gasteiger partial charge in [-0.05, 0) is 32.7 Å². The van der Waals surface area contributed by atoms with Gasteiger partial charge in [0.05, 0.1) is 12.2 Å². The van der Waals surface area contributed by atoms with Crippen molar-refractivity contribution in [3.63, 3.8) is 0 Å². The molecule has 1 fully saturated rings. The van der Waals surface area contributed by atoms with Gasteiger partial charge < -0.3 is 14.7 Å². The summed E-state index contributed by atoms with van der Waals surface area (Å²) < 4.78 is 5.34. The van der Waals surface area contributed by atoms with Gasteiger partial charge in [0.25, 0.3) is 0 Å². The van der Waals surface area contributed by atoms with Gasteiger partial charge in [-0.25, -0.2) is 0 Å². The lowest BCUT2D eigenvalue weighted by Gasteiger charge is -2.21. The number of nitrogens with zero attached hydrogens (tertiary/aromatic N) is 1. The van der Waals surface area contributed by atoms with E-state index in [1.807, 2.05) is 6.92 Å². The Labute approximate surface area is 80.7 Å². The van der Waals surface area contributed by atoms with Crippen LogP contribution in [-0.2, 0) is 4.74 Å². The highest BCUT2D eigenvalue weighted by molar-refractivity contribution is 4.71. The summed E-state index contributed by atoms with van der Waals surface area (Å²) in [7, 11) is 1.79. The Kier molecular flexibility index (Phi) is 4.70. The van der Waals surface area contributed by atoms with E-state index in [1.165, 1.54) is 6.42 Å². The Morgan fingerprint density at radius 3 is 2.85 bits per heavy atom. The van der Waals surface area contributed by atoms with Crippen molar-refractivity contribution < 1.29 is 9.84 Å². The van der Waals surface area contributed by atoms with Gasteiger partial charge in [-0.1, -0.05) is 0 Å². The quantitative estimate of drug-likeness (QED) is 0.711. The smallest absolute Gasteiger partial charge is 0.0639 e. The standard InChI is InChI=1S/C10H21NO2/c1-9(12)8-11-6-3-4-10(13-2)5-7-11/h9-10,12H,3-8H2,1-2H3/t9-,10?/m1/s1. The van der Waals surface area contributed by atoms with Crippen LogP contribution in [-0.4, -0.2) is 49.0 Å². The van der Waals surface area contributed by atoms with Gasteiger partial charge in [0.15, 0.2) is 0 Å². The number of likely N-dealkylation sites (tertiary alicyclic amines) is 1. The van der Waals surface area contributed by atoms with E-state index in [1.54, 1.807) is 7.11 Å². The first-order valence-corrected chi connectivity index (χ1v) is 5.15. The predicted octanol–water partition coefficient (Wildman–Crippen LogP) is 0.868. The maximum absolute atomic E-state index is 9.25. The second kappa shape index (κ2) is 5.58. The number of hydrogen-bond donors (Lipinski definition) is 1. The number of methoxy groups -OCH3 is 1. The molecular formula is C10H21NO2. The van der Waals surface area contributed by atoms with E-state index in [4.69, 9.17) is 4.74 Å². The van der Waals surface area contributed by atoms with Crippen LogP contribution in [0.5, 0.6) is 0 Å². The normalized spacial score (nSPS) is 28.4. The van der Waals surface area contributed by atoms with Crippen LogP contribution in [0.3, 0.4) is 0 Å². The average Bonchev–Trinajstić information content (AvgIpc) is 2.29. The van der Waals surface area contributed by atoms with Crippen LogP contribution >= 0.6 is 0 Å². The van der Waals surface area contributed by atoms with E-state index < -0.39 is 0 Å². The lowest BCUT2D eigenvalue weighted by molar-refractivity contribution is 0.0855. The van der Waals surface area contributed by atoms with Crippen molar-refractivity contribution in [2.75, 3.05) is 26.7 Å². The number of β-amino-alcohol motifs (C(OH)–C–C–N with tert-alkyl or cyclic N) is 1. The molecule has 0 aliphatic carbocycles. The fraction of sp³-hybridized carbons (Fsp3) is 1.00. The molecule has 0 bridgehead atoms. The molecule has 0 aromatic heterocycles. The molecule has 0 saturated carbocycles. The molecule has 78 valence electrons. The fourth-order valence-electron chi connectivity index (χ4n) is 1.92. The van der Waals surface area contributed by atoms with Crippen molar-refractivity contribution in [1.82, 2.24) is 4.90 Å². The lowest BCUT2D eigenvalue weighted by Crippen LogP contribution is -2.32. The van der Waals surface area contributed by atoms with Crippen LogP contribution in [0.1, 0.15) is 26.2 Å². The molecule has 1 rings (SSSR count). The molecule has 3 heteroatoms. The number of hydrogen-bond acceptors (Lipinski definition) is 3. The number of rotatable bonds is 3. The molecule has 3 nitrogen and oxygen atoms in total. The van der Waals surface area contributed by atoms with Crippen molar-refractivity contribution in [2.45, 2.75) is 38.4 Å². The molecule has 1 N–H and O–H groups in total. The Hall–Kier alpha value is -0.120. The Morgan fingerprint density at radius 2 is 2.23 bits per heavy atom. The van der Waals surface area contributed by atoms with Crippen LogP contribution in [0.25, 0.3) is 0 Å². The van der Waals surface area contributed by atoms with Gasteiger partial charge in [0.1, 0.15) is 0 Å². The maximum atomic E-state index is 9.25. The van der Waals surface area contributed by atoms with Gasteiger partial charge in [-0.3, -0.25) is 0 Å². The molecule has 0 amide bonds. The summed E-state index contributed by atoms with van der Waals surface area (Å²) >= 11 is 0. The van der Waals surface area contributed by atoms with Crippen LogP contribution in [0, 0.1) is 0 Å². The number of aliphatic hydroxyl groups excluding tert-OH is 1. The van der Waals surface area contributed by atoms with E-state index in [0.717, 1.165) is 32.5 Å². The van der Waals surface area contributed by atoms with Crippen LogP contribution in [0.15, 0.2) is 0 Å². The summed E-state index contributed by atoms with van der Waals surface area (Å²) in [6.07, 6.45) is 3.67. The van der Waals surface area contributed by atoms with Gasteiger partial charge in [0.2, 0.25) is 0 Å². The molecule has 0 spiro atoms. The first-order chi connectivity index (χ1) is 6.22. The SMILES string of the molecule is COC1CCCN(C[C@@H](C)O)CC1. The zero-order valence-corrected chi connectivity index (χ0v) is 8.70. The summed E-state index contributed by atoms with van der Waals surface area (Å²) in [5.41, 5.74) is 0. The van der Waals surface area contributed by atoms with Crippen LogP contribution in [0.4, 0.5) is 0 Å². The monoisotopic (exact) mass is 187 g/mol. The zero-order valence-electron chi connectivity index (χ0n) is 8.70. The fourth-order valence-corrected chi connectivity index (χ4v) is 1.92. The van der Waals surface area contributed by atoms with Gasteiger partial charge >= 0.3 is 0 Å². The summed E-state index contributed by atoms with van der Waals surface area (Å²) in [4.78, 5) is 2.32. The lowest BCUT2D eigenvalue weighted by atomic mass is 10.2. The molecule has 13 heavy (non-hydrogen) atoms. The first kappa shape index (κ1) is 11.0.